The molecule has 2 rings (SSSR count). The van der Waals surface area contributed by atoms with Gasteiger partial charge in [-0.15, -0.1) is 0 Å². The second kappa shape index (κ2) is 6.69. The Hall–Kier alpha value is -1.23. The number of hydrogen-bond acceptors (Lipinski definition) is 2. The molecular formula is C14H14Cl3N3O. The van der Waals surface area contributed by atoms with Gasteiger partial charge in [-0.1, -0.05) is 34.8 Å². The number of amides is 1. The SMILES string of the molecule is CCn1cc(Cl)c(CN(C)C(=O)c2ccc(Cl)cc2Cl)n1. The summed E-state index contributed by atoms with van der Waals surface area (Å²) >= 11 is 18.0. The molecule has 1 amide bonds. The lowest BCUT2D eigenvalue weighted by molar-refractivity contribution is 0.0783. The summed E-state index contributed by atoms with van der Waals surface area (Å²) in [6.07, 6.45) is 1.74. The molecule has 0 aliphatic rings. The molecule has 0 radical (unpaired) electrons. The molecule has 0 N–H and O–H groups in total. The highest BCUT2D eigenvalue weighted by Crippen LogP contribution is 2.23. The molecule has 0 aliphatic carbocycles. The minimum atomic E-state index is -0.209. The fourth-order valence-corrected chi connectivity index (χ4v) is 2.57. The van der Waals surface area contributed by atoms with Crippen LogP contribution in [0.4, 0.5) is 0 Å². The van der Waals surface area contributed by atoms with E-state index in [1.54, 1.807) is 36.1 Å². The Bertz CT molecular complexity index is 669. The predicted molar refractivity (Wildman–Crippen MR) is 85.2 cm³/mol. The van der Waals surface area contributed by atoms with E-state index in [0.717, 1.165) is 6.54 Å². The van der Waals surface area contributed by atoms with Crippen LogP contribution in [0.25, 0.3) is 0 Å². The zero-order chi connectivity index (χ0) is 15.6. The topological polar surface area (TPSA) is 38.1 Å². The molecule has 7 heteroatoms. The van der Waals surface area contributed by atoms with E-state index in [4.69, 9.17) is 34.8 Å². The molecule has 0 unspecified atom stereocenters. The highest BCUT2D eigenvalue weighted by atomic mass is 35.5. The van der Waals surface area contributed by atoms with Crippen molar-refractivity contribution in [3.05, 3.63) is 50.7 Å². The van der Waals surface area contributed by atoms with Gasteiger partial charge in [0.2, 0.25) is 0 Å². The van der Waals surface area contributed by atoms with E-state index in [1.807, 2.05) is 6.92 Å². The summed E-state index contributed by atoms with van der Waals surface area (Å²) in [5.74, 6) is -0.209. The third-order valence-corrected chi connectivity index (χ3v) is 3.87. The largest absolute Gasteiger partial charge is 0.336 e. The number of hydrogen-bond donors (Lipinski definition) is 0. The van der Waals surface area contributed by atoms with Crippen molar-refractivity contribution < 1.29 is 4.79 Å². The van der Waals surface area contributed by atoms with Gasteiger partial charge in [-0.05, 0) is 25.1 Å². The maximum Gasteiger partial charge on any atom is 0.255 e. The van der Waals surface area contributed by atoms with Crippen LogP contribution in [0.1, 0.15) is 23.0 Å². The smallest absolute Gasteiger partial charge is 0.255 e. The van der Waals surface area contributed by atoms with E-state index in [1.165, 1.54) is 4.90 Å². The zero-order valence-electron chi connectivity index (χ0n) is 11.6. The molecule has 1 heterocycles. The van der Waals surface area contributed by atoms with Gasteiger partial charge < -0.3 is 4.90 Å². The molecule has 0 saturated carbocycles. The molecule has 0 spiro atoms. The third-order valence-electron chi connectivity index (χ3n) is 3.01. The number of rotatable bonds is 4. The molecule has 0 aliphatic heterocycles. The van der Waals surface area contributed by atoms with E-state index in [-0.39, 0.29) is 5.91 Å². The highest BCUT2D eigenvalue weighted by molar-refractivity contribution is 6.36. The normalized spacial score (nSPS) is 10.7. The van der Waals surface area contributed by atoms with E-state index in [2.05, 4.69) is 5.10 Å². The number of carbonyl (C=O) groups excluding carboxylic acids is 1. The lowest BCUT2D eigenvalue weighted by atomic mass is 10.2. The molecule has 1 aromatic carbocycles. The van der Waals surface area contributed by atoms with Crippen LogP contribution in [0.15, 0.2) is 24.4 Å². The van der Waals surface area contributed by atoms with Crippen molar-refractivity contribution in [3.8, 4) is 0 Å². The molecule has 0 saturated heterocycles. The fourth-order valence-electron chi connectivity index (χ4n) is 1.87. The first-order valence-electron chi connectivity index (χ1n) is 6.34. The standard InChI is InChI=1S/C14H14Cl3N3O/c1-3-20-7-12(17)13(18-20)8-19(2)14(21)10-5-4-9(15)6-11(10)16/h4-7H,3,8H2,1-2H3. The van der Waals surface area contributed by atoms with Gasteiger partial charge in [0.25, 0.3) is 5.91 Å². The van der Waals surface area contributed by atoms with Gasteiger partial charge in [-0.3, -0.25) is 9.48 Å². The first-order valence-corrected chi connectivity index (χ1v) is 7.48. The van der Waals surface area contributed by atoms with Crippen LogP contribution < -0.4 is 0 Å². The molecule has 21 heavy (non-hydrogen) atoms. The summed E-state index contributed by atoms with van der Waals surface area (Å²) in [5, 5.41) is 5.67. The van der Waals surface area contributed by atoms with Gasteiger partial charge in [0.05, 0.1) is 22.2 Å². The number of halogens is 3. The minimum Gasteiger partial charge on any atom is -0.336 e. The van der Waals surface area contributed by atoms with E-state index in [9.17, 15) is 4.79 Å². The van der Waals surface area contributed by atoms with Crippen molar-refractivity contribution in [1.29, 1.82) is 0 Å². The Labute approximate surface area is 138 Å². The van der Waals surface area contributed by atoms with E-state index < -0.39 is 0 Å². The molecule has 4 nitrogen and oxygen atoms in total. The average Bonchev–Trinajstić information content (AvgIpc) is 2.78. The molecular weight excluding hydrogens is 333 g/mol. The number of carbonyl (C=O) groups is 1. The second-order valence-electron chi connectivity index (χ2n) is 4.56. The van der Waals surface area contributed by atoms with Crippen molar-refractivity contribution in [2.75, 3.05) is 7.05 Å². The van der Waals surface area contributed by atoms with Gasteiger partial charge in [0.1, 0.15) is 5.69 Å². The van der Waals surface area contributed by atoms with Crippen LogP contribution >= 0.6 is 34.8 Å². The molecule has 112 valence electrons. The fraction of sp³-hybridized carbons (Fsp3) is 0.286. The maximum absolute atomic E-state index is 12.4. The molecule has 0 fully saturated rings. The Balaban J connectivity index is 2.17. The lowest BCUT2D eigenvalue weighted by Crippen LogP contribution is -2.26. The van der Waals surface area contributed by atoms with Crippen molar-refractivity contribution in [3.63, 3.8) is 0 Å². The van der Waals surface area contributed by atoms with Crippen LogP contribution in [0.5, 0.6) is 0 Å². The highest BCUT2D eigenvalue weighted by Gasteiger charge is 2.18. The summed E-state index contributed by atoms with van der Waals surface area (Å²) in [7, 11) is 1.68. The van der Waals surface area contributed by atoms with Gasteiger partial charge in [0, 0.05) is 24.8 Å². The quantitative estimate of drug-likeness (QED) is 0.834. The van der Waals surface area contributed by atoms with Crippen molar-refractivity contribution in [2.24, 2.45) is 0 Å². The number of benzene rings is 1. The minimum absolute atomic E-state index is 0.209. The molecule has 1 aromatic heterocycles. The lowest BCUT2D eigenvalue weighted by Gasteiger charge is -2.17. The maximum atomic E-state index is 12.4. The van der Waals surface area contributed by atoms with Crippen LogP contribution in [0.3, 0.4) is 0 Å². The van der Waals surface area contributed by atoms with Crippen LogP contribution in [0.2, 0.25) is 15.1 Å². The van der Waals surface area contributed by atoms with E-state index in [0.29, 0.717) is 32.9 Å². The first-order chi connectivity index (χ1) is 9.92. The predicted octanol–water partition coefficient (Wildman–Crippen LogP) is 4.14. The first kappa shape index (κ1) is 16.1. The van der Waals surface area contributed by atoms with E-state index >= 15 is 0 Å². The number of nitrogens with zero attached hydrogens (tertiary/aromatic N) is 3. The van der Waals surface area contributed by atoms with Crippen molar-refractivity contribution in [2.45, 2.75) is 20.0 Å². The monoisotopic (exact) mass is 345 g/mol. The van der Waals surface area contributed by atoms with Crippen LogP contribution in [-0.4, -0.2) is 27.6 Å². The van der Waals surface area contributed by atoms with Gasteiger partial charge in [0.15, 0.2) is 0 Å². The van der Waals surface area contributed by atoms with Crippen LogP contribution in [-0.2, 0) is 13.1 Å². The Morgan fingerprint density at radius 1 is 1.29 bits per heavy atom. The van der Waals surface area contributed by atoms with Gasteiger partial charge >= 0.3 is 0 Å². The third kappa shape index (κ3) is 3.70. The summed E-state index contributed by atoms with van der Waals surface area (Å²) in [5.41, 5.74) is 1.05. The van der Waals surface area contributed by atoms with Gasteiger partial charge in [-0.25, -0.2) is 0 Å². The summed E-state index contributed by atoms with van der Waals surface area (Å²) in [6, 6.07) is 4.78. The van der Waals surface area contributed by atoms with Crippen LogP contribution in [0, 0.1) is 0 Å². The van der Waals surface area contributed by atoms with Gasteiger partial charge in [-0.2, -0.15) is 5.10 Å². The average molecular weight is 347 g/mol. The Morgan fingerprint density at radius 2 is 2.00 bits per heavy atom. The summed E-state index contributed by atoms with van der Waals surface area (Å²) < 4.78 is 1.73. The van der Waals surface area contributed by atoms with Crippen molar-refractivity contribution >= 4 is 40.7 Å². The number of aryl methyl sites for hydroxylation is 1. The molecule has 2 aromatic rings. The zero-order valence-corrected chi connectivity index (χ0v) is 13.9. The Kier molecular flexibility index (Phi) is 5.14. The molecule has 0 bridgehead atoms. The van der Waals surface area contributed by atoms with Crippen molar-refractivity contribution in [1.82, 2.24) is 14.7 Å². The summed E-state index contributed by atoms with van der Waals surface area (Å²) in [6.45, 7) is 3.00. The Morgan fingerprint density at radius 3 is 2.57 bits per heavy atom. The summed E-state index contributed by atoms with van der Waals surface area (Å²) in [4.78, 5) is 13.9. The number of aromatic nitrogens is 2. The second-order valence-corrected chi connectivity index (χ2v) is 5.82. The molecule has 0 atom stereocenters.